The van der Waals surface area contributed by atoms with Crippen LogP contribution in [0.4, 0.5) is 0 Å². The van der Waals surface area contributed by atoms with Crippen LogP contribution in [0.2, 0.25) is 0 Å². The molecule has 4 rings (SSSR count). The van der Waals surface area contributed by atoms with Crippen molar-refractivity contribution in [2.75, 3.05) is 13.1 Å². The minimum atomic E-state index is 0.867. The van der Waals surface area contributed by atoms with Gasteiger partial charge in [-0.25, -0.2) is 0 Å². The van der Waals surface area contributed by atoms with Crippen molar-refractivity contribution in [1.29, 1.82) is 0 Å². The van der Waals surface area contributed by atoms with E-state index in [1.807, 2.05) is 0 Å². The van der Waals surface area contributed by atoms with E-state index in [4.69, 9.17) is 0 Å². The second kappa shape index (κ2) is 4.24. The third-order valence-electron chi connectivity index (χ3n) is 5.78. The number of nitrogens with zero attached hydrogens (tertiary/aromatic N) is 1. The Balaban J connectivity index is 1.63. The van der Waals surface area contributed by atoms with Gasteiger partial charge in [-0.1, -0.05) is 12.8 Å². The number of nitrogens with one attached hydrogen (secondary N) is 1. The summed E-state index contributed by atoms with van der Waals surface area (Å²) in [7, 11) is 0. The maximum atomic E-state index is 3.91. The molecule has 4 aliphatic rings. The average molecular weight is 234 g/mol. The fourth-order valence-corrected chi connectivity index (χ4v) is 4.88. The molecule has 2 unspecified atom stereocenters. The van der Waals surface area contributed by atoms with E-state index in [9.17, 15) is 0 Å². The molecule has 0 amide bonds. The van der Waals surface area contributed by atoms with Crippen molar-refractivity contribution in [3.63, 3.8) is 0 Å². The molecule has 0 aromatic rings. The summed E-state index contributed by atoms with van der Waals surface area (Å²) in [5.74, 6) is 2.06. The van der Waals surface area contributed by atoms with Gasteiger partial charge >= 0.3 is 0 Å². The monoisotopic (exact) mass is 234 g/mol. The van der Waals surface area contributed by atoms with E-state index in [-0.39, 0.29) is 0 Å². The Hall–Kier alpha value is -0.0800. The lowest BCUT2D eigenvalue weighted by molar-refractivity contribution is 0.0649. The van der Waals surface area contributed by atoms with Crippen LogP contribution < -0.4 is 5.32 Å². The molecule has 4 atom stereocenters. The number of piperidine rings is 1. The quantitative estimate of drug-likeness (QED) is 0.749. The van der Waals surface area contributed by atoms with Gasteiger partial charge in [-0.15, -0.1) is 0 Å². The highest BCUT2D eigenvalue weighted by Gasteiger charge is 2.48. The summed E-state index contributed by atoms with van der Waals surface area (Å²) >= 11 is 0. The molecule has 0 spiro atoms. The molecule has 2 nitrogen and oxygen atoms in total. The molecule has 2 aliphatic heterocycles. The molecule has 2 saturated heterocycles. The van der Waals surface area contributed by atoms with Gasteiger partial charge in [0.2, 0.25) is 0 Å². The normalized spacial score (nSPS) is 47.3. The number of hydrogen-bond acceptors (Lipinski definition) is 2. The molecular formula is C15H26N2. The smallest absolute Gasteiger partial charge is 0.0223 e. The van der Waals surface area contributed by atoms with Crippen LogP contribution in [0.5, 0.6) is 0 Å². The van der Waals surface area contributed by atoms with Crippen molar-refractivity contribution >= 4 is 0 Å². The van der Waals surface area contributed by atoms with E-state index < -0.39 is 0 Å². The van der Waals surface area contributed by atoms with Crippen LogP contribution in [-0.2, 0) is 0 Å². The third kappa shape index (κ3) is 1.84. The summed E-state index contributed by atoms with van der Waals surface area (Å²) in [5, 5.41) is 3.91. The summed E-state index contributed by atoms with van der Waals surface area (Å²) in [6, 6.07) is 2.70. The molecule has 96 valence electrons. The van der Waals surface area contributed by atoms with Gasteiger partial charge in [-0.05, 0) is 56.9 Å². The van der Waals surface area contributed by atoms with Crippen molar-refractivity contribution in [1.82, 2.24) is 10.2 Å². The predicted molar refractivity (Wildman–Crippen MR) is 70.0 cm³/mol. The minimum absolute atomic E-state index is 0.867. The second-order valence-electron chi connectivity index (χ2n) is 6.82. The Bertz CT molecular complexity index is 287. The Morgan fingerprint density at radius 3 is 2.71 bits per heavy atom. The zero-order valence-electron chi connectivity index (χ0n) is 10.9. The summed E-state index contributed by atoms with van der Waals surface area (Å²) < 4.78 is 0. The Labute approximate surface area is 105 Å². The maximum absolute atomic E-state index is 3.91. The fourth-order valence-electron chi connectivity index (χ4n) is 4.88. The predicted octanol–water partition coefficient (Wildman–Crippen LogP) is 2.39. The summed E-state index contributed by atoms with van der Waals surface area (Å²) in [4.78, 5) is 2.95. The molecule has 17 heavy (non-hydrogen) atoms. The molecule has 0 radical (unpaired) electrons. The summed E-state index contributed by atoms with van der Waals surface area (Å²) in [6.45, 7) is 2.68. The van der Waals surface area contributed by atoms with E-state index in [0.29, 0.717) is 0 Å². The Kier molecular flexibility index (Phi) is 2.69. The van der Waals surface area contributed by atoms with E-state index in [2.05, 4.69) is 10.2 Å². The van der Waals surface area contributed by atoms with Crippen LogP contribution in [0.15, 0.2) is 0 Å². The first-order chi connectivity index (χ1) is 8.43. The first kappa shape index (κ1) is 10.8. The highest BCUT2D eigenvalue weighted by molar-refractivity contribution is 5.03. The second-order valence-corrected chi connectivity index (χ2v) is 6.82. The van der Waals surface area contributed by atoms with Crippen molar-refractivity contribution < 1.29 is 0 Å². The lowest BCUT2D eigenvalue weighted by Crippen LogP contribution is -2.50. The van der Waals surface area contributed by atoms with Gasteiger partial charge in [-0.2, -0.15) is 0 Å². The number of hydrogen-bond donors (Lipinski definition) is 1. The first-order valence-corrected chi connectivity index (χ1v) is 7.92. The van der Waals surface area contributed by atoms with Crippen molar-refractivity contribution in [2.45, 2.75) is 69.5 Å². The minimum Gasteiger partial charge on any atom is -0.312 e. The maximum Gasteiger partial charge on any atom is 0.0223 e. The van der Waals surface area contributed by atoms with Crippen LogP contribution in [0.1, 0.15) is 51.4 Å². The zero-order chi connectivity index (χ0) is 11.2. The molecule has 1 N–H and O–H groups in total. The van der Waals surface area contributed by atoms with Crippen molar-refractivity contribution in [2.24, 2.45) is 11.8 Å². The molecule has 4 fully saturated rings. The van der Waals surface area contributed by atoms with E-state index in [1.165, 1.54) is 64.5 Å². The number of fused-ring (bicyclic) bond motifs is 2. The standard InChI is InChI=1S/C15H26N2/c1-2-9-17-12(4-1)10-16-14-6-3-5-13(14)15(17)11-7-8-11/h11-16H,1-10H2/t12?,13-,14?,15+/m1/s1. The highest BCUT2D eigenvalue weighted by Crippen LogP contribution is 2.46. The average Bonchev–Trinajstić information content (AvgIpc) is 3.10. The van der Waals surface area contributed by atoms with Crippen LogP contribution in [0.25, 0.3) is 0 Å². The SMILES string of the molecule is C1CCN2C(C1)CNC1CCC[C@H]1[C@@H]2C1CC1. The van der Waals surface area contributed by atoms with Gasteiger partial charge in [0.05, 0.1) is 0 Å². The largest absolute Gasteiger partial charge is 0.312 e. The molecule has 2 saturated carbocycles. The lowest BCUT2D eigenvalue weighted by atomic mass is 9.88. The molecule has 2 heterocycles. The van der Waals surface area contributed by atoms with Gasteiger partial charge in [0.25, 0.3) is 0 Å². The molecule has 2 heteroatoms. The summed E-state index contributed by atoms with van der Waals surface area (Å²) in [6.07, 6.45) is 11.9. The first-order valence-electron chi connectivity index (χ1n) is 7.92. The van der Waals surface area contributed by atoms with Gasteiger partial charge < -0.3 is 5.32 Å². The summed E-state index contributed by atoms with van der Waals surface area (Å²) in [5.41, 5.74) is 0. The van der Waals surface area contributed by atoms with Gasteiger partial charge in [0.15, 0.2) is 0 Å². The van der Waals surface area contributed by atoms with Crippen molar-refractivity contribution in [3.8, 4) is 0 Å². The zero-order valence-corrected chi connectivity index (χ0v) is 10.9. The molecule has 0 bridgehead atoms. The van der Waals surface area contributed by atoms with Crippen molar-refractivity contribution in [3.05, 3.63) is 0 Å². The molecule has 0 aromatic heterocycles. The van der Waals surface area contributed by atoms with Crippen LogP contribution in [-0.4, -0.2) is 36.1 Å². The Morgan fingerprint density at radius 2 is 1.82 bits per heavy atom. The number of rotatable bonds is 1. The van der Waals surface area contributed by atoms with E-state index in [0.717, 1.165) is 30.0 Å². The van der Waals surface area contributed by atoms with E-state index >= 15 is 0 Å². The highest BCUT2D eigenvalue weighted by atomic mass is 15.2. The van der Waals surface area contributed by atoms with Crippen LogP contribution in [0.3, 0.4) is 0 Å². The van der Waals surface area contributed by atoms with E-state index in [1.54, 1.807) is 0 Å². The fraction of sp³-hybridized carbons (Fsp3) is 1.00. The van der Waals surface area contributed by atoms with Gasteiger partial charge in [-0.3, -0.25) is 4.90 Å². The molecular weight excluding hydrogens is 208 g/mol. The molecule has 0 aromatic carbocycles. The Morgan fingerprint density at radius 1 is 0.882 bits per heavy atom. The third-order valence-corrected chi connectivity index (χ3v) is 5.78. The van der Waals surface area contributed by atoms with Gasteiger partial charge in [0.1, 0.15) is 0 Å². The molecule has 2 aliphatic carbocycles. The van der Waals surface area contributed by atoms with Gasteiger partial charge in [0, 0.05) is 24.7 Å². The lowest BCUT2D eigenvalue weighted by Gasteiger charge is -2.42. The van der Waals surface area contributed by atoms with Crippen LogP contribution in [0, 0.1) is 11.8 Å². The van der Waals surface area contributed by atoms with Crippen LogP contribution >= 0.6 is 0 Å². The topological polar surface area (TPSA) is 15.3 Å².